The molecule has 6 nitrogen and oxygen atoms in total. The minimum Gasteiger partial charge on any atom is -0.374 e. The summed E-state index contributed by atoms with van der Waals surface area (Å²) in [5, 5.41) is 3.51. The molecular weight excluding hydrogens is 288 g/mol. The van der Waals surface area contributed by atoms with Gasteiger partial charge in [-0.15, -0.1) is 0 Å². The summed E-state index contributed by atoms with van der Waals surface area (Å²) in [5.41, 5.74) is 6.51. The van der Waals surface area contributed by atoms with Crippen molar-refractivity contribution in [1.29, 1.82) is 0 Å². The Morgan fingerprint density at radius 1 is 1.52 bits per heavy atom. The van der Waals surface area contributed by atoms with Crippen molar-refractivity contribution < 1.29 is 9.53 Å². The van der Waals surface area contributed by atoms with Gasteiger partial charge in [-0.1, -0.05) is 23.5 Å². The Morgan fingerprint density at radius 2 is 2.38 bits per heavy atom. The summed E-state index contributed by atoms with van der Waals surface area (Å²) in [6.07, 6.45) is 0.0222. The van der Waals surface area contributed by atoms with Gasteiger partial charge in [0, 0.05) is 19.6 Å². The lowest BCUT2D eigenvalue weighted by Gasteiger charge is -2.31. The van der Waals surface area contributed by atoms with Crippen LogP contribution in [0.3, 0.4) is 0 Å². The van der Waals surface area contributed by atoms with Crippen LogP contribution in [-0.4, -0.2) is 54.7 Å². The van der Waals surface area contributed by atoms with Crippen molar-refractivity contribution in [2.24, 2.45) is 5.73 Å². The molecule has 1 aliphatic heterocycles. The summed E-state index contributed by atoms with van der Waals surface area (Å²) < 4.78 is 6.56. The Balaban J connectivity index is 1.58. The van der Waals surface area contributed by atoms with Crippen molar-refractivity contribution in [3.8, 4) is 0 Å². The van der Waals surface area contributed by atoms with E-state index in [9.17, 15) is 4.79 Å². The maximum Gasteiger partial charge on any atom is 0.240 e. The van der Waals surface area contributed by atoms with Gasteiger partial charge >= 0.3 is 0 Å². The summed E-state index contributed by atoms with van der Waals surface area (Å²) in [7, 11) is 0. The highest BCUT2D eigenvalue weighted by atomic mass is 32.1. The number of para-hydroxylation sites is 1. The SMILES string of the molecule is NCC1CN(CC(=O)Nc2nc3ccccc3s2)CCO1. The number of aromatic nitrogens is 1. The second kappa shape index (κ2) is 6.48. The van der Waals surface area contributed by atoms with Gasteiger partial charge in [-0.05, 0) is 12.1 Å². The first-order valence-corrected chi connectivity index (χ1v) is 7.75. The van der Waals surface area contributed by atoms with Crippen LogP contribution in [0, 0.1) is 0 Å². The third kappa shape index (κ3) is 3.56. The Bertz CT molecular complexity index is 597. The molecule has 1 fully saturated rings. The molecule has 1 aliphatic rings. The minimum atomic E-state index is -0.0493. The number of nitrogens with one attached hydrogen (secondary N) is 1. The number of nitrogens with two attached hydrogens (primary N) is 1. The lowest BCUT2D eigenvalue weighted by Crippen LogP contribution is -2.48. The molecule has 1 saturated heterocycles. The summed E-state index contributed by atoms with van der Waals surface area (Å²) in [6, 6.07) is 7.84. The molecule has 0 saturated carbocycles. The maximum atomic E-state index is 12.1. The third-order valence-corrected chi connectivity index (χ3v) is 4.35. The molecule has 1 unspecified atom stereocenters. The lowest BCUT2D eigenvalue weighted by atomic mass is 10.2. The first-order valence-electron chi connectivity index (χ1n) is 6.94. The second-order valence-corrected chi connectivity index (χ2v) is 6.03. The number of thiazole rings is 1. The number of benzene rings is 1. The van der Waals surface area contributed by atoms with E-state index < -0.39 is 0 Å². The highest BCUT2D eigenvalue weighted by molar-refractivity contribution is 7.22. The summed E-state index contributed by atoms with van der Waals surface area (Å²) in [5.74, 6) is -0.0493. The predicted molar refractivity (Wildman–Crippen MR) is 83.5 cm³/mol. The fourth-order valence-electron chi connectivity index (χ4n) is 2.35. The lowest BCUT2D eigenvalue weighted by molar-refractivity contribution is -0.119. The van der Waals surface area contributed by atoms with E-state index in [-0.39, 0.29) is 12.0 Å². The number of amides is 1. The number of hydrogen-bond donors (Lipinski definition) is 2. The number of carbonyl (C=O) groups excluding carboxylic acids is 1. The number of nitrogens with zero attached hydrogens (tertiary/aromatic N) is 2. The molecule has 3 rings (SSSR count). The number of morpholine rings is 1. The van der Waals surface area contributed by atoms with Crippen LogP contribution in [0.4, 0.5) is 5.13 Å². The molecule has 112 valence electrons. The standard InChI is InChI=1S/C14H18N4O2S/c15-7-10-8-18(5-6-20-10)9-13(19)17-14-16-11-3-1-2-4-12(11)21-14/h1-4,10H,5-9,15H2,(H,16,17,19). The monoisotopic (exact) mass is 306 g/mol. The molecule has 0 bridgehead atoms. The van der Waals surface area contributed by atoms with E-state index in [0.29, 0.717) is 31.4 Å². The molecule has 21 heavy (non-hydrogen) atoms. The van der Waals surface area contributed by atoms with Crippen molar-refractivity contribution in [2.45, 2.75) is 6.10 Å². The van der Waals surface area contributed by atoms with E-state index in [2.05, 4.69) is 15.2 Å². The molecule has 0 spiro atoms. The number of carbonyl (C=O) groups is 1. The molecule has 1 amide bonds. The highest BCUT2D eigenvalue weighted by Gasteiger charge is 2.21. The zero-order chi connectivity index (χ0) is 14.7. The Kier molecular flexibility index (Phi) is 4.45. The van der Waals surface area contributed by atoms with Gasteiger partial charge in [0.15, 0.2) is 5.13 Å². The number of rotatable bonds is 4. The van der Waals surface area contributed by atoms with Gasteiger partial charge in [0.05, 0.1) is 29.5 Å². The first-order chi connectivity index (χ1) is 10.2. The first kappa shape index (κ1) is 14.4. The van der Waals surface area contributed by atoms with E-state index in [1.165, 1.54) is 11.3 Å². The minimum absolute atomic E-state index is 0.0222. The number of anilines is 1. The van der Waals surface area contributed by atoms with Crippen LogP contribution in [-0.2, 0) is 9.53 Å². The molecule has 1 aromatic heterocycles. The molecule has 0 aliphatic carbocycles. The van der Waals surface area contributed by atoms with E-state index in [4.69, 9.17) is 10.5 Å². The second-order valence-electron chi connectivity index (χ2n) is 5.00. The molecule has 3 N–H and O–H groups in total. The molecule has 2 aromatic rings. The van der Waals surface area contributed by atoms with Crippen molar-refractivity contribution in [1.82, 2.24) is 9.88 Å². The Hall–Kier alpha value is -1.54. The summed E-state index contributed by atoms with van der Waals surface area (Å²) in [4.78, 5) is 18.6. The average molecular weight is 306 g/mol. The fraction of sp³-hybridized carbons (Fsp3) is 0.429. The van der Waals surface area contributed by atoms with Crippen LogP contribution in [0.1, 0.15) is 0 Å². The molecule has 1 aromatic carbocycles. The summed E-state index contributed by atoms with van der Waals surface area (Å²) >= 11 is 1.49. The van der Waals surface area contributed by atoms with Crippen LogP contribution < -0.4 is 11.1 Å². The average Bonchev–Trinajstić information content (AvgIpc) is 2.89. The van der Waals surface area contributed by atoms with E-state index in [0.717, 1.165) is 16.8 Å². The molecule has 2 heterocycles. The van der Waals surface area contributed by atoms with Crippen LogP contribution >= 0.6 is 11.3 Å². The smallest absolute Gasteiger partial charge is 0.240 e. The fourth-order valence-corrected chi connectivity index (χ4v) is 3.24. The van der Waals surface area contributed by atoms with Gasteiger partial charge in [0.2, 0.25) is 5.91 Å². The van der Waals surface area contributed by atoms with Gasteiger partial charge in [0.1, 0.15) is 0 Å². The number of fused-ring (bicyclic) bond motifs is 1. The van der Waals surface area contributed by atoms with E-state index in [1.54, 1.807) is 0 Å². The zero-order valence-corrected chi connectivity index (χ0v) is 12.4. The zero-order valence-electron chi connectivity index (χ0n) is 11.6. The quantitative estimate of drug-likeness (QED) is 0.877. The van der Waals surface area contributed by atoms with Crippen LogP contribution in [0.15, 0.2) is 24.3 Å². The topological polar surface area (TPSA) is 80.5 Å². The van der Waals surface area contributed by atoms with Gasteiger partial charge in [-0.3, -0.25) is 9.69 Å². The maximum absolute atomic E-state index is 12.1. The number of hydrogen-bond acceptors (Lipinski definition) is 6. The van der Waals surface area contributed by atoms with Crippen molar-refractivity contribution in [3.63, 3.8) is 0 Å². The van der Waals surface area contributed by atoms with Crippen LogP contribution in [0.5, 0.6) is 0 Å². The van der Waals surface area contributed by atoms with E-state index in [1.807, 2.05) is 24.3 Å². The van der Waals surface area contributed by atoms with Crippen LogP contribution in [0.25, 0.3) is 10.2 Å². The molecule has 0 radical (unpaired) electrons. The number of ether oxygens (including phenoxy) is 1. The molecule has 7 heteroatoms. The van der Waals surface area contributed by atoms with Gasteiger partial charge in [-0.2, -0.15) is 0 Å². The summed E-state index contributed by atoms with van der Waals surface area (Å²) in [6.45, 7) is 2.90. The van der Waals surface area contributed by atoms with Crippen molar-refractivity contribution >= 4 is 32.6 Å². The third-order valence-electron chi connectivity index (χ3n) is 3.39. The van der Waals surface area contributed by atoms with Gasteiger partial charge in [-0.25, -0.2) is 4.98 Å². The van der Waals surface area contributed by atoms with Crippen molar-refractivity contribution in [2.75, 3.05) is 38.1 Å². The van der Waals surface area contributed by atoms with E-state index >= 15 is 0 Å². The Morgan fingerprint density at radius 3 is 3.19 bits per heavy atom. The predicted octanol–water partition coefficient (Wildman–Crippen LogP) is 0.894. The molecule has 1 atom stereocenters. The Labute approximate surface area is 126 Å². The van der Waals surface area contributed by atoms with Gasteiger partial charge in [0.25, 0.3) is 0 Å². The molecular formula is C14H18N4O2S. The van der Waals surface area contributed by atoms with Gasteiger partial charge < -0.3 is 15.8 Å². The van der Waals surface area contributed by atoms with Crippen molar-refractivity contribution in [3.05, 3.63) is 24.3 Å². The normalized spacial score (nSPS) is 19.8. The largest absolute Gasteiger partial charge is 0.374 e. The van der Waals surface area contributed by atoms with Crippen LogP contribution in [0.2, 0.25) is 0 Å². The highest BCUT2D eigenvalue weighted by Crippen LogP contribution is 2.25.